The van der Waals surface area contributed by atoms with Gasteiger partial charge >= 0.3 is 0 Å². The van der Waals surface area contributed by atoms with E-state index in [1.165, 1.54) is 36.8 Å². The Balaban J connectivity index is 1.58. The van der Waals surface area contributed by atoms with E-state index in [1.807, 2.05) is 24.3 Å². The van der Waals surface area contributed by atoms with Crippen LogP contribution in [0.15, 0.2) is 42.6 Å². The third-order valence-electron chi connectivity index (χ3n) is 6.53. The van der Waals surface area contributed by atoms with Gasteiger partial charge in [-0.25, -0.2) is 13.4 Å². The lowest BCUT2D eigenvalue weighted by atomic mass is 10.1. The van der Waals surface area contributed by atoms with E-state index < -0.39 is 40.8 Å². The average Bonchev–Trinajstić information content (AvgIpc) is 3.30. The number of aliphatic hydroxyl groups excluding tert-OH is 2. The Labute approximate surface area is 247 Å². The molecule has 41 heavy (non-hydrogen) atoms. The maximum Gasteiger partial charge on any atom is 0.253 e. The molecule has 2 aromatic carbocycles. The van der Waals surface area contributed by atoms with Crippen molar-refractivity contribution in [3.8, 4) is 11.6 Å². The van der Waals surface area contributed by atoms with Gasteiger partial charge < -0.3 is 30.3 Å². The van der Waals surface area contributed by atoms with Crippen LogP contribution in [0.4, 0.5) is 11.6 Å². The minimum Gasteiger partial charge on any atom is -0.495 e. The number of nitrogens with zero attached hydrogens (tertiary/aromatic N) is 3. The number of hydrogen-bond acceptors (Lipinski definition) is 10. The van der Waals surface area contributed by atoms with Gasteiger partial charge in [-0.05, 0) is 23.3 Å². The number of rotatable bonds is 11. The van der Waals surface area contributed by atoms with Crippen LogP contribution in [0.1, 0.15) is 27.5 Å². The third-order valence-corrected chi connectivity index (χ3v) is 8.37. The van der Waals surface area contributed by atoms with Gasteiger partial charge in [0.15, 0.2) is 0 Å². The van der Waals surface area contributed by atoms with Crippen LogP contribution in [-0.2, 0) is 16.4 Å². The largest absolute Gasteiger partial charge is 0.495 e. The summed E-state index contributed by atoms with van der Waals surface area (Å²) in [5.41, 5.74) is 2.21. The molecule has 220 valence electrons. The molecule has 1 aromatic heterocycles. The molecule has 1 amide bonds. The lowest BCUT2D eigenvalue weighted by Gasteiger charge is -2.28. The third kappa shape index (κ3) is 7.00. The van der Waals surface area contributed by atoms with Gasteiger partial charge in [0.2, 0.25) is 21.9 Å². The Bertz CT molecular complexity index is 1540. The molecule has 0 fully saturated rings. The Morgan fingerprint density at radius 1 is 1.24 bits per heavy atom. The summed E-state index contributed by atoms with van der Waals surface area (Å²) < 4.78 is 37.7. The van der Waals surface area contributed by atoms with Crippen molar-refractivity contribution in [3.05, 3.63) is 69.3 Å². The van der Waals surface area contributed by atoms with Gasteiger partial charge in [-0.2, -0.15) is 9.29 Å². The second-order valence-electron chi connectivity index (χ2n) is 9.33. The number of nitrogens with one attached hydrogen (secondary N) is 2. The normalized spacial score (nSPS) is 17.2. The van der Waals surface area contributed by atoms with Crippen molar-refractivity contribution in [2.45, 2.75) is 24.7 Å². The Morgan fingerprint density at radius 3 is 2.66 bits per heavy atom. The molecular formula is C26H29Cl2N5O7S. The van der Waals surface area contributed by atoms with Gasteiger partial charge in [-0.15, -0.1) is 0 Å². The molecule has 0 aliphatic heterocycles. The fourth-order valence-corrected chi connectivity index (χ4v) is 5.45. The van der Waals surface area contributed by atoms with Gasteiger partial charge in [0.05, 0.1) is 54.6 Å². The number of aliphatic hydroxyl groups is 2. The van der Waals surface area contributed by atoms with Gasteiger partial charge in [0.1, 0.15) is 16.9 Å². The molecule has 0 saturated heterocycles. The molecule has 4 rings (SSSR count). The summed E-state index contributed by atoms with van der Waals surface area (Å²) in [6.07, 6.45) is 1.19. The minimum atomic E-state index is -3.55. The lowest BCUT2D eigenvalue weighted by molar-refractivity contribution is 0.0802. The maximum atomic E-state index is 12.5. The molecule has 3 atom stereocenters. The second-order valence-corrected chi connectivity index (χ2v) is 12.2. The van der Waals surface area contributed by atoms with Crippen molar-refractivity contribution in [1.82, 2.24) is 19.6 Å². The number of amides is 1. The molecular weight excluding hydrogens is 597 g/mol. The van der Waals surface area contributed by atoms with Crippen LogP contribution in [0.5, 0.6) is 11.6 Å². The molecule has 0 spiro atoms. The molecule has 15 heteroatoms. The molecule has 0 radical (unpaired) electrons. The highest BCUT2D eigenvalue weighted by Gasteiger charge is 2.40. The standard InChI is InChI=1S/C26H29Cl2N5O7S/c1-33(41(3,37)38)23-16-7-5-4-6-14(16)8-22(23)40-25-19(28)12-30-26(32-25)31-20-10-18(27)17(9-21(20)39-2)24(36)29-11-15(35)13-34/h4-7,9-10,12,15,22-23,34-35H,8,11,13H2,1-3H3,(H,29,36)(H,30,31,32)/t15-,22+,23+/m0/s1. The zero-order valence-electron chi connectivity index (χ0n) is 22.3. The number of aromatic nitrogens is 2. The van der Waals surface area contributed by atoms with Crippen LogP contribution < -0.4 is 20.1 Å². The Kier molecular flexibility index (Phi) is 9.57. The van der Waals surface area contributed by atoms with Gasteiger partial charge in [0.25, 0.3) is 5.91 Å². The van der Waals surface area contributed by atoms with Gasteiger partial charge in [0, 0.05) is 20.0 Å². The number of anilines is 2. The van der Waals surface area contributed by atoms with Crippen molar-refractivity contribution in [1.29, 1.82) is 0 Å². The summed E-state index contributed by atoms with van der Waals surface area (Å²) in [7, 11) is -0.644. The summed E-state index contributed by atoms with van der Waals surface area (Å²) in [6, 6.07) is 9.76. The van der Waals surface area contributed by atoms with E-state index in [1.54, 1.807) is 0 Å². The highest BCUT2D eigenvalue weighted by atomic mass is 35.5. The highest BCUT2D eigenvalue weighted by molar-refractivity contribution is 7.88. The topological polar surface area (TPSA) is 163 Å². The summed E-state index contributed by atoms with van der Waals surface area (Å²) in [6.45, 7) is -0.669. The molecule has 3 aromatic rings. The van der Waals surface area contributed by atoms with Crippen LogP contribution in [0.3, 0.4) is 0 Å². The van der Waals surface area contributed by atoms with E-state index in [0.717, 1.165) is 17.4 Å². The van der Waals surface area contributed by atoms with E-state index >= 15 is 0 Å². The summed E-state index contributed by atoms with van der Waals surface area (Å²) in [5.74, 6) is -0.218. The average molecular weight is 627 g/mol. The van der Waals surface area contributed by atoms with Crippen LogP contribution in [-0.4, -0.2) is 84.6 Å². The van der Waals surface area contributed by atoms with Crippen LogP contribution in [0, 0.1) is 0 Å². The molecule has 1 aliphatic rings. The SMILES string of the molecule is COc1cc(C(=O)NC[C@H](O)CO)c(Cl)cc1Nc1ncc(Cl)c(O[C@@H]2Cc3ccccc3[C@H]2N(C)S(C)(=O)=O)n1. The number of likely N-dealkylation sites (N-methyl/N-ethyl adjacent to an activating group) is 1. The van der Waals surface area contributed by atoms with Crippen molar-refractivity contribution >= 4 is 50.8 Å². The molecule has 0 saturated carbocycles. The number of carbonyl (C=O) groups is 1. The fraction of sp³-hybridized carbons (Fsp3) is 0.346. The smallest absolute Gasteiger partial charge is 0.253 e. The Morgan fingerprint density at radius 2 is 1.98 bits per heavy atom. The first kappa shape index (κ1) is 30.8. The number of halogens is 2. The van der Waals surface area contributed by atoms with E-state index in [2.05, 4.69) is 20.6 Å². The summed E-state index contributed by atoms with van der Waals surface area (Å²) >= 11 is 12.7. The monoisotopic (exact) mass is 625 g/mol. The molecule has 0 unspecified atom stereocenters. The predicted octanol–water partition coefficient (Wildman–Crippen LogP) is 2.55. The van der Waals surface area contributed by atoms with E-state index in [9.17, 15) is 18.3 Å². The first-order valence-electron chi connectivity index (χ1n) is 12.3. The number of carbonyl (C=O) groups excluding carboxylic acids is 1. The zero-order valence-corrected chi connectivity index (χ0v) is 24.7. The summed E-state index contributed by atoms with van der Waals surface area (Å²) in [4.78, 5) is 21.1. The molecule has 4 N–H and O–H groups in total. The van der Waals surface area contributed by atoms with Gasteiger partial charge in [-0.1, -0.05) is 47.5 Å². The minimum absolute atomic E-state index is 0.0392. The fourth-order valence-electron chi connectivity index (χ4n) is 4.40. The second kappa shape index (κ2) is 12.8. The van der Waals surface area contributed by atoms with Crippen molar-refractivity contribution in [2.24, 2.45) is 0 Å². The van der Waals surface area contributed by atoms with Crippen molar-refractivity contribution < 1.29 is 32.9 Å². The van der Waals surface area contributed by atoms with Crippen molar-refractivity contribution in [2.75, 3.05) is 38.9 Å². The number of benzene rings is 2. The first-order valence-corrected chi connectivity index (χ1v) is 14.9. The van der Waals surface area contributed by atoms with Crippen LogP contribution >= 0.6 is 23.2 Å². The predicted molar refractivity (Wildman–Crippen MR) is 154 cm³/mol. The van der Waals surface area contributed by atoms with E-state index in [-0.39, 0.29) is 39.7 Å². The first-order chi connectivity index (χ1) is 19.4. The molecule has 1 heterocycles. The zero-order chi connectivity index (χ0) is 29.9. The van der Waals surface area contributed by atoms with Crippen molar-refractivity contribution in [3.63, 3.8) is 0 Å². The number of methoxy groups -OCH3 is 1. The molecule has 12 nitrogen and oxygen atoms in total. The highest BCUT2D eigenvalue weighted by Crippen LogP contribution is 2.40. The molecule has 1 aliphatic carbocycles. The maximum absolute atomic E-state index is 12.5. The molecule has 0 bridgehead atoms. The Hall–Kier alpha value is -3.20. The van der Waals surface area contributed by atoms with Gasteiger partial charge in [-0.3, -0.25) is 4.79 Å². The number of fused-ring (bicyclic) bond motifs is 1. The van der Waals surface area contributed by atoms with E-state index in [0.29, 0.717) is 12.1 Å². The number of hydrogen-bond donors (Lipinski definition) is 4. The van der Waals surface area contributed by atoms with E-state index in [4.69, 9.17) is 37.8 Å². The quantitative estimate of drug-likeness (QED) is 0.249. The van der Waals surface area contributed by atoms with Crippen LogP contribution in [0.25, 0.3) is 0 Å². The lowest BCUT2D eigenvalue weighted by Crippen LogP contribution is -2.38. The van der Waals surface area contributed by atoms with Crippen LogP contribution in [0.2, 0.25) is 10.0 Å². The summed E-state index contributed by atoms with van der Waals surface area (Å²) in [5, 5.41) is 24.1. The number of sulfonamides is 1. The number of ether oxygens (including phenoxy) is 2.